The molecular formula is C16H20N4O2S. The summed E-state index contributed by atoms with van der Waals surface area (Å²) in [4.78, 5) is 16.3. The Bertz CT molecular complexity index is 657. The van der Waals surface area contributed by atoms with Crippen LogP contribution in [0.1, 0.15) is 23.4 Å². The zero-order chi connectivity index (χ0) is 15.7. The number of likely N-dealkylation sites (tertiary alicyclic amines) is 1. The van der Waals surface area contributed by atoms with Gasteiger partial charge in [-0.1, -0.05) is 0 Å². The van der Waals surface area contributed by atoms with Crippen LogP contribution in [-0.2, 0) is 11.3 Å². The maximum Gasteiger partial charge on any atom is 0.232 e. The Kier molecular flexibility index (Phi) is 4.00. The molecule has 2 saturated heterocycles. The average molecular weight is 332 g/mol. The van der Waals surface area contributed by atoms with E-state index in [0.29, 0.717) is 5.88 Å². The normalized spacial score (nSPS) is 23.6. The van der Waals surface area contributed by atoms with E-state index in [1.165, 1.54) is 4.88 Å². The SMILES string of the molecule is Cc1ncsc1CN1CC2(CC(Oc3cnccn3)CCO2)C1. The highest BCUT2D eigenvalue weighted by Gasteiger charge is 2.48. The Morgan fingerprint density at radius 2 is 2.30 bits per heavy atom. The first-order chi connectivity index (χ1) is 11.2. The topological polar surface area (TPSA) is 60.4 Å². The van der Waals surface area contributed by atoms with Gasteiger partial charge in [0.25, 0.3) is 0 Å². The van der Waals surface area contributed by atoms with Crippen molar-refractivity contribution < 1.29 is 9.47 Å². The van der Waals surface area contributed by atoms with Gasteiger partial charge in [-0.2, -0.15) is 0 Å². The van der Waals surface area contributed by atoms with Crippen molar-refractivity contribution in [3.63, 3.8) is 0 Å². The van der Waals surface area contributed by atoms with Crippen molar-refractivity contribution in [3.8, 4) is 5.88 Å². The smallest absolute Gasteiger partial charge is 0.232 e. The second-order valence-electron chi connectivity index (χ2n) is 6.31. The maximum atomic E-state index is 6.08. The molecule has 0 aromatic carbocycles. The highest BCUT2D eigenvalue weighted by molar-refractivity contribution is 7.09. The molecule has 6 nitrogen and oxygen atoms in total. The Balaban J connectivity index is 1.33. The Morgan fingerprint density at radius 1 is 1.39 bits per heavy atom. The van der Waals surface area contributed by atoms with E-state index in [1.807, 2.05) is 5.51 Å². The first-order valence-electron chi connectivity index (χ1n) is 7.90. The van der Waals surface area contributed by atoms with E-state index in [4.69, 9.17) is 9.47 Å². The fraction of sp³-hybridized carbons (Fsp3) is 0.562. The van der Waals surface area contributed by atoms with Gasteiger partial charge in [0.1, 0.15) is 6.10 Å². The van der Waals surface area contributed by atoms with Gasteiger partial charge in [-0.25, -0.2) is 9.97 Å². The number of hydrogen-bond acceptors (Lipinski definition) is 7. The molecule has 0 aliphatic carbocycles. The van der Waals surface area contributed by atoms with Gasteiger partial charge in [0.15, 0.2) is 0 Å². The predicted molar refractivity (Wildman–Crippen MR) is 86.5 cm³/mol. The second kappa shape index (κ2) is 6.14. The molecule has 0 saturated carbocycles. The summed E-state index contributed by atoms with van der Waals surface area (Å²) in [6.45, 7) is 5.72. The minimum absolute atomic E-state index is 0.0519. The van der Waals surface area contributed by atoms with Crippen LogP contribution >= 0.6 is 11.3 Å². The van der Waals surface area contributed by atoms with Crippen LogP contribution in [0.3, 0.4) is 0 Å². The molecule has 1 unspecified atom stereocenters. The van der Waals surface area contributed by atoms with E-state index >= 15 is 0 Å². The fourth-order valence-corrected chi connectivity index (χ4v) is 4.20. The van der Waals surface area contributed by atoms with Crippen LogP contribution in [0.2, 0.25) is 0 Å². The van der Waals surface area contributed by atoms with Crippen LogP contribution in [0.25, 0.3) is 0 Å². The third-order valence-corrected chi connectivity index (χ3v) is 5.43. The lowest BCUT2D eigenvalue weighted by Crippen LogP contribution is -2.65. The van der Waals surface area contributed by atoms with Crippen LogP contribution in [0.15, 0.2) is 24.1 Å². The molecule has 1 atom stereocenters. The van der Waals surface area contributed by atoms with Gasteiger partial charge in [0.2, 0.25) is 5.88 Å². The van der Waals surface area contributed by atoms with Gasteiger partial charge in [-0.05, 0) is 6.92 Å². The maximum absolute atomic E-state index is 6.08. The largest absolute Gasteiger partial charge is 0.473 e. The Labute approximate surface area is 139 Å². The summed E-state index contributed by atoms with van der Waals surface area (Å²) >= 11 is 1.73. The molecule has 2 fully saturated rings. The molecule has 4 heterocycles. The van der Waals surface area contributed by atoms with Gasteiger partial charge in [-0.3, -0.25) is 9.88 Å². The minimum atomic E-state index is -0.0519. The molecule has 23 heavy (non-hydrogen) atoms. The minimum Gasteiger partial charge on any atom is -0.473 e. The van der Waals surface area contributed by atoms with Crippen LogP contribution in [0.4, 0.5) is 0 Å². The third-order valence-electron chi connectivity index (χ3n) is 4.51. The quantitative estimate of drug-likeness (QED) is 0.854. The molecule has 7 heteroatoms. The van der Waals surface area contributed by atoms with Crippen LogP contribution in [0.5, 0.6) is 5.88 Å². The Morgan fingerprint density at radius 3 is 3.04 bits per heavy atom. The summed E-state index contributed by atoms with van der Waals surface area (Å²) in [5.41, 5.74) is 3.01. The van der Waals surface area contributed by atoms with Gasteiger partial charge in [0, 0.05) is 49.7 Å². The predicted octanol–water partition coefficient (Wildman–Crippen LogP) is 2.05. The van der Waals surface area contributed by atoms with E-state index in [2.05, 4.69) is 26.8 Å². The van der Waals surface area contributed by atoms with Gasteiger partial charge in [-0.15, -0.1) is 11.3 Å². The van der Waals surface area contributed by atoms with Crippen molar-refractivity contribution in [3.05, 3.63) is 34.7 Å². The Hall–Kier alpha value is -1.57. The summed E-state index contributed by atoms with van der Waals surface area (Å²) in [5, 5.41) is 0. The number of aryl methyl sites for hydroxylation is 1. The summed E-state index contributed by atoms with van der Waals surface area (Å²) in [6.07, 6.45) is 6.97. The summed E-state index contributed by atoms with van der Waals surface area (Å²) in [5.74, 6) is 0.603. The number of rotatable bonds is 4. The van der Waals surface area contributed by atoms with E-state index in [9.17, 15) is 0 Å². The van der Waals surface area contributed by atoms with E-state index in [0.717, 1.165) is 44.8 Å². The summed E-state index contributed by atoms with van der Waals surface area (Å²) in [6, 6.07) is 0. The van der Waals surface area contributed by atoms with Gasteiger partial charge in [0.05, 0.1) is 29.6 Å². The zero-order valence-electron chi connectivity index (χ0n) is 13.1. The number of thiazole rings is 1. The van der Waals surface area contributed by atoms with Gasteiger partial charge >= 0.3 is 0 Å². The molecule has 0 N–H and O–H groups in total. The van der Waals surface area contributed by atoms with E-state index in [-0.39, 0.29) is 11.7 Å². The molecule has 2 aromatic heterocycles. The molecule has 1 spiro atoms. The molecule has 0 radical (unpaired) electrons. The number of aromatic nitrogens is 3. The third kappa shape index (κ3) is 3.22. The lowest BCUT2D eigenvalue weighted by molar-refractivity contribution is -0.188. The van der Waals surface area contributed by atoms with Crippen molar-refractivity contribution in [1.29, 1.82) is 0 Å². The monoisotopic (exact) mass is 332 g/mol. The zero-order valence-corrected chi connectivity index (χ0v) is 14.0. The molecule has 0 bridgehead atoms. The standard InChI is InChI=1S/C16H20N4O2S/c1-12-14(23-11-19-12)8-20-9-16(10-20)6-13(2-5-21-16)22-15-7-17-3-4-18-15/h3-4,7,11,13H,2,5-6,8-10H2,1H3. The van der Waals surface area contributed by atoms with Crippen molar-refractivity contribution in [2.75, 3.05) is 19.7 Å². The first kappa shape index (κ1) is 15.0. The molecule has 2 aliphatic rings. The molecule has 2 aromatic rings. The lowest BCUT2D eigenvalue weighted by atomic mass is 9.84. The summed E-state index contributed by atoms with van der Waals surface area (Å²) in [7, 11) is 0. The summed E-state index contributed by atoms with van der Waals surface area (Å²) < 4.78 is 12.0. The molecular weight excluding hydrogens is 312 g/mol. The van der Waals surface area contributed by atoms with E-state index in [1.54, 1.807) is 29.9 Å². The van der Waals surface area contributed by atoms with Crippen molar-refractivity contribution in [2.24, 2.45) is 0 Å². The van der Waals surface area contributed by atoms with Crippen LogP contribution in [-0.4, -0.2) is 51.3 Å². The average Bonchev–Trinajstić information content (AvgIpc) is 2.92. The lowest BCUT2D eigenvalue weighted by Gasteiger charge is -2.53. The van der Waals surface area contributed by atoms with Crippen molar-refractivity contribution >= 4 is 11.3 Å². The van der Waals surface area contributed by atoms with E-state index < -0.39 is 0 Å². The van der Waals surface area contributed by atoms with Crippen LogP contribution in [0, 0.1) is 6.92 Å². The molecule has 122 valence electrons. The highest BCUT2D eigenvalue weighted by Crippen LogP contribution is 2.36. The fourth-order valence-electron chi connectivity index (χ4n) is 3.38. The highest BCUT2D eigenvalue weighted by atomic mass is 32.1. The molecule has 2 aliphatic heterocycles. The van der Waals surface area contributed by atoms with Crippen molar-refractivity contribution in [2.45, 2.75) is 38.0 Å². The van der Waals surface area contributed by atoms with Crippen molar-refractivity contribution in [1.82, 2.24) is 19.9 Å². The second-order valence-corrected chi connectivity index (χ2v) is 7.25. The number of ether oxygens (including phenoxy) is 2. The molecule has 4 rings (SSSR count). The number of hydrogen-bond donors (Lipinski definition) is 0. The first-order valence-corrected chi connectivity index (χ1v) is 8.78. The van der Waals surface area contributed by atoms with Crippen LogP contribution < -0.4 is 4.74 Å². The van der Waals surface area contributed by atoms with Gasteiger partial charge < -0.3 is 9.47 Å². The number of nitrogens with zero attached hydrogens (tertiary/aromatic N) is 4. The molecule has 0 amide bonds.